The smallest absolute Gasteiger partial charge is 0.223 e. The minimum atomic E-state index is 0.293. The molecule has 0 radical (unpaired) electrons. The summed E-state index contributed by atoms with van der Waals surface area (Å²) in [6, 6.07) is 0.583. The first-order valence-electron chi connectivity index (χ1n) is 5.80. The summed E-state index contributed by atoms with van der Waals surface area (Å²) >= 11 is 3.31. The molecule has 1 aliphatic rings. The van der Waals surface area contributed by atoms with Crippen molar-refractivity contribution >= 4 is 21.8 Å². The van der Waals surface area contributed by atoms with Gasteiger partial charge < -0.3 is 4.90 Å². The van der Waals surface area contributed by atoms with E-state index in [1.807, 2.05) is 4.90 Å². The highest BCUT2D eigenvalue weighted by Crippen LogP contribution is 2.16. The van der Waals surface area contributed by atoms with Crippen LogP contribution in [0.2, 0.25) is 0 Å². The predicted molar refractivity (Wildman–Crippen MR) is 66.3 cm³/mol. The topological polar surface area (TPSA) is 23.6 Å². The number of rotatable bonds is 5. The maximum absolute atomic E-state index is 11.7. The quantitative estimate of drug-likeness (QED) is 0.714. The number of amides is 1. The summed E-state index contributed by atoms with van der Waals surface area (Å²) in [6.45, 7) is 8.41. The Balaban J connectivity index is 2.41. The van der Waals surface area contributed by atoms with Crippen molar-refractivity contribution in [3.05, 3.63) is 0 Å². The summed E-state index contributed by atoms with van der Waals surface area (Å²) in [4.78, 5) is 16.1. The zero-order valence-electron chi connectivity index (χ0n) is 9.71. The Labute approximate surface area is 101 Å². The van der Waals surface area contributed by atoms with Crippen molar-refractivity contribution in [1.29, 1.82) is 0 Å². The third-order valence-corrected chi connectivity index (χ3v) is 3.55. The van der Waals surface area contributed by atoms with Gasteiger partial charge in [0.25, 0.3) is 0 Å². The molecule has 0 aliphatic carbocycles. The molecule has 0 N–H and O–H groups in total. The number of alkyl halides is 1. The van der Waals surface area contributed by atoms with Gasteiger partial charge in [0.2, 0.25) is 5.91 Å². The second-order valence-electron chi connectivity index (χ2n) is 3.94. The predicted octanol–water partition coefficient (Wildman–Crippen LogP) is 1.71. The molecule has 0 aromatic carbocycles. The van der Waals surface area contributed by atoms with Gasteiger partial charge in [0.15, 0.2) is 0 Å². The van der Waals surface area contributed by atoms with Gasteiger partial charge in [0, 0.05) is 30.9 Å². The number of hydrogen-bond acceptors (Lipinski definition) is 2. The van der Waals surface area contributed by atoms with Crippen LogP contribution in [0.25, 0.3) is 0 Å². The average Bonchev–Trinajstić information content (AvgIpc) is 2.69. The lowest BCUT2D eigenvalue weighted by molar-refractivity contribution is -0.129. The summed E-state index contributed by atoms with van der Waals surface area (Å²) in [5, 5.41) is 0.776. The Morgan fingerprint density at radius 3 is 2.67 bits per heavy atom. The van der Waals surface area contributed by atoms with Crippen LogP contribution in [0.3, 0.4) is 0 Å². The first-order chi connectivity index (χ1) is 7.22. The number of nitrogens with zero attached hydrogens (tertiary/aromatic N) is 2. The number of halogens is 1. The van der Waals surface area contributed by atoms with E-state index in [0.717, 1.165) is 37.9 Å². The second kappa shape index (κ2) is 6.48. The van der Waals surface area contributed by atoms with Crippen molar-refractivity contribution in [2.45, 2.75) is 32.7 Å². The van der Waals surface area contributed by atoms with Crippen LogP contribution in [-0.2, 0) is 4.79 Å². The molecule has 1 fully saturated rings. The van der Waals surface area contributed by atoms with Crippen molar-refractivity contribution in [3.8, 4) is 0 Å². The van der Waals surface area contributed by atoms with E-state index in [1.54, 1.807) is 0 Å². The summed E-state index contributed by atoms with van der Waals surface area (Å²) in [5.41, 5.74) is 0. The minimum Gasteiger partial charge on any atom is -0.341 e. The maximum atomic E-state index is 11.7. The molecule has 1 unspecified atom stereocenters. The summed E-state index contributed by atoms with van der Waals surface area (Å²) in [7, 11) is 0. The first-order valence-corrected chi connectivity index (χ1v) is 6.92. The Morgan fingerprint density at radius 2 is 2.13 bits per heavy atom. The van der Waals surface area contributed by atoms with Gasteiger partial charge in [-0.3, -0.25) is 9.69 Å². The van der Waals surface area contributed by atoms with Crippen molar-refractivity contribution in [3.63, 3.8) is 0 Å². The lowest BCUT2D eigenvalue weighted by Gasteiger charge is -2.26. The Bertz CT molecular complexity index is 207. The van der Waals surface area contributed by atoms with Crippen molar-refractivity contribution in [1.82, 2.24) is 9.80 Å². The van der Waals surface area contributed by atoms with Gasteiger partial charge >= 0.3 is 0 Å². The van der Waals surface area contributed by atoms with Gasteiger partial charge in [0.05, 0.1) is 0 Å². The molecule has 15 heavy (non-hydrogen) atoms. The van der Waals surface area contributed by atoms with Gasteiger partial charge in [-0.2, -0.15) is 0 Å². The van der Waals surface area contributed by atoms with E-state index in [9.17, 15) is 4.79 Å². The molecular formula is C11H21BrN2O. The lowest BCUT2D eigenvalue weighted by atomic mass is 10.2. The molecule has 4 heteroatoms. The summed E-state index contributed by atoms with van der Waals surface area (Å²) < 4.78 is 0. The largest absolute Gasteiger partial charge is 0.341 e. The van der Waals surface area contributed by atoms with E-state index in [4.69, 9.17) is 0 Å². The molecule has 0 bridgehead atoms. The van der Waals surface area contributed by atoms with E-state index in [-0.39, 0.29) is 0 Å². The molecule has 1 saturated heterocycles. The van der Waals surface area contributed by atoms with Gasteiger partial charge in [-0.1, -0.05) is 29.8 Å². The Morgan fingerprint density at radius 1 is 1.47 bits per heavy atom. The monoisotopic (exact) mass is 276 g/mol. The standard InChI is InChI=1S/C11H21BrN2O/c1-3-13(4-2)10-6-8-14(9-10)11(15)5-7-12/h10H,3-9H2,1-2H3. The molecule has 1 heterocycles. The molecule has 1 amide bonds. The summed E-state index contributed by atoms with van der Waals surface area (Å²) in [5.74, 6) is 0.293. The third-order valence-electron chi connectivity index (χ3n) is 3.15. The van der Waals surface area contributed by atoms with Crippen molar-refractivity contribution in [2.24, 2.45) is 0 Å². The summed E-state index contributed by atoms with van der Waals surface area (Å²) in [6.07, 6.45) is 1.76. The van der Waals surface area contributed by atoms with Gasteiger partial charge in [-0.05, 0) is 19.5 Å². The molecule has 0 saturated carbocycles. The molecule has 0 aromatic heterocycles. The molecule has 88 valence electrons. The van der Waals surface area contributed by atoms with Crippen molar-refractivity contribution < 1.29 is 4.79 Å². The van der Waals surface area contributed by atoms with E-state index >= 15 is 0 Å². The van der Waals surface area contributed by atoms with Crippen LogP contribution < -0.4 is 0 Å². The van der Waals surface area contributed by atoms with E-state index in [1.165, 1.54) is 0 Å². The van der Waals surface area contributed by atoms with E-state index < -0.39 is 0 Å². The van der Waals surface area contributed by atoms with Crippen LogP contribution in [0.4, 0.5) is 0 Å². The number of likely N-dealkylation sites (tertiary alicyclic amines) is 1. The normalized spacial score (nSPS) is 21.3. The molecule has 3 nitrogen and oxygen atoms in total. The molecule has 0 spiro atoms. The van der Waals surface area contributed by atoms with Crippen LogP contribution in [0, 0.1) is 0 Å². The van der Waals surface area contributed by atoms with Crippen molar-refractivity contribution in [2.75, 3.05) is 31.5 Å². The zero-order valence-corrected chi connectivity index (χ0v) is 11.3. The fourth-order valence-corrected chi connectivity index (χ4v) is 2.58. The first kappa shape index (κ1) is 13.0. The molecule has 1 aliphatic heterocycles. The van der Waals surface area contributed by atoms with Crippen LogP contribution in [0.1, 0.15) is 26.7 Å². The fourth-order valence-electron chi connectivity index (χ4n) is 2.25. The lowest BCUT2D eigenvalue weighted by Crippen LogP contribution is -2.38. The minimum absolute atomic E-state index is 0.293. The number of likely N-dealkylation sites (N-methyl/N-ethyl adjacent to an activating group) is 1. The van der Waals surface area contributed by atoms with E-state index in [0.29, 0.717) is 18.4 Å². The van der Waals surface area contributed by atoms with Gasteiger partial charge in [-0.25, -0.2) is 0 Å². The van der Waals surface area contributed by atoms with Crippen LogP contribution in [-0.4, -0.2) is 53.3 Å². The number of carbonyl (C=O) groups excluding carboxylic acids is 1. The molecule has 0 aromatic rings. The van der Waals surface area contributed by atoms with Gasteiger partial charge in [-0.15, -0.1) is 0 Å². The number of hydrogen-bond donors (Lipinski definition) is 0. The highest BCUT2D eigenvalue weighted by atomic mass is 79.9. The SMILES string of the molecule is CCN(CC)C1CCN(C(=O)CCBr)C1. The Hall–Kier alpha value is -0.0900. The highest BCUT2D eigenvalue weighted by molar-refractivity contribution is 9.09. The molecule has 1 atom stereocenters. The number of carbonyl (C=O) groups is 1. The third kappa shape index (κ3) is 3.45. The van der Waals surface area contributed by atoms with Crippen LogP contribution >= 0.6 is 15.9 Å². The van der Waals surface area contributed by atoms with Gasteiger partial charge in [0.1, 0.15) is 0 Å². The maximum Gasteiger partial charge on any atom is 0.223 e. The van der Waals surface area contributed by atoms with Crippen LogP contribution in [0.15, 0.2) is 0 Å². The molecule has 1 rings (SSSR count). The Kier molecular flexibility index (Phi) is 5.61. The average molecular weight is 277 g/mol. The zero-order chi connectivity index (χ0) is 11.3. The van der Waals surface area contributed by atoms with E-state index in [2.05, 4.69) is 34.7 Å². The van der Waals surface area contributed by atoms with Crippen LogP contribution in [0.5, 0.6) is 0 Å². The second-order valence-corrected chi connectivity index (χ2v) is 4.74. The molecular weight excluding hydrogens is 256 g/mol. The highest BCUT2D eigenvalue weighted by Gasteiger charge is 2.28. The fraction of sp³-hybridized carbons (Fsp3) is 0.909.